The number of rotatable bonds is 3. The zero-order chi connectivity index (χ0) is 14.0. The molecular formula is C14H16F2O3. The summed E-state index contributed by atoms with van der Waals surface area (Å²) in [5, 5.41) is 9.46. The molecule has 104 valence electrons. The number of carbonyl (C=O) groups is 1. The molecule has 0 radical (unpaired) electrons. The number of carboxylic acid groups (broad SMARTS) is 1. The second-order valence-corrected chi connectivity index (χ2v) is 4.91. The van der Waals surface area contributed by atoms with Crippen molar-refractivity contribution in [1.82, 2.24) is 0 Å². The van der Waals surface area contributed by atoms with Gasteiger partial charge in [0, 0.05) is 11.6 Å². The molecule has 2 rings (SSSR count). The average molecular weight is 270 g/mol. The number of hydrogen-bond acceptors (Lipinski definition) is 2. The van der Waals surface area contributed by atoms with E-state index in [-0.39, 0.29) is 11.3 Å². The average Bonchev–Trinajstić information content (AvgIpc) is 2.41. The maximum absolute atomic E-state index is 14.1. The quantitative estimate of drug-likeness (QED) is 0.917. The van der Waals surface area contributed by atoms with E-state index < -0.39 is 23.0 Å². The molecule has 0 atom stereocenters. The van der Waals surface area contributed by atoms with Crippen LogP contribution in [0.1, 0.15) is 37.7 Å². The summed E-state index contributed by atoms with van der Waals surface area (Å²) in [5.41, 5.74) is -1.38. The van der Waals surface area contributed by atoms with Gasteiger partial charge in [0.1, 0.15) is 5.82 Å². The van der Waals surface area contributed by atoms with Crippen molar-refractivity contribution in [2.75, 3.05) is 7.11 Å². The third kappa shape index (κ3) is 2.29. The standard InChI is InChI=1S/C14H16F2O3/c1-19-12-8-10(15)9(7-11(12)16)14(13(17)18)5-3-2-4-6-14/h7-8H,2-6H2,1H3,(H,17,18). The van der Waals surface area contributed by atoms with E-state index >= 15 is 0 Å². The van der Waals surface area contributed by atoms with Crippen molar-refractivity contribution in [1.29, 1.82) is 0 Å². The van der Waals surface area contributed by atoms with E-state index in [0.29, 0.717) is 25.7 Å². The Bertz CT molecular complexity index is 494. The summed E-state index contributed by atoms with van der Waals surface area (Å²) in [6.07, 6.45) is 3.02. The molecule has 1 aromatic rings. The molecular weight excluding hydrogens is 254 g/mol. The minimum atomic E-state index is -1.31. The first-order valence-corrected chi connectivity index (χ1v) is 6.28. The van der Waals surface area contributed by atoms with Crippen LogP contribution in [-0.2, 0) is 10.2 Å². The first-order chi connectivity index (χ1) is 9.01. The number of carboxylic acids is 1. The number of aliphatic carboxylic acids is 1. The number of methoxy groups -OCH3 is 1. The molecule has 5 heteroatoms. The summed E-state index contributed by atoms with van der Waals surface area (Å²) in [7, 11) is 1.24. The minimum absolute atomic E-state index is 0.0713. The van der Waals surface area contributed by atoms with Crippen molar-refractivity contribution in [3.8, 4) is 5.75 Å². The Labute approximate surface area is 110 Å². The normalized spacial score (nSPS) is 18.1. The van der Waals surface area contributed by atoms with Crippen LogP contribution in [0.25, 0.3) is 0 Å². The van der Waals surface area contributed by atoms with Crippen LogP contribution < -0.4 is 4.74 Å². The predicted octanol–water partition coefficient (Wildman–Crippen LogP) is 3.26. The summed E-state index contributed by atoms with van der Waals surface area (Å²) in [6, 6.07) is 1.89. The van der Waals surface area contributed by atoms with Gasteiger partial charge >= 0.3 is 5.97 Å². The van der Waals surface area contributed by atoms with Gasteiger partial charge in [-0.3, -0.25) is 4.79 Å². The molecule has 0 aliphatic heterocycles. The number of ether oxygens (including phenoxy) is 1. The van der Waals surface area contributed by atoms with Crippen molar-refractivity contribution < 1.29 is 23.4 Å². The fourth-order valence-electron chi connectivity index (χ4n) is 2.81. The molecule has 0 aromatic heterocycles. The Hall–Kier alpha value is -1.65. The summed E-state index contributed by atoms with van der Waals surface area (Å²) in [5.74, 6) is -2.75. The summed E-state index contributed by atoms with van der Waals surface area (Å²) in [4.78, 5) is 11.6. The molecule has 0 spiro atoms. The molecule has 1 aliphatic rings. The molecule has 3 nitrogen and oxygen atoms in total. The van der Waals surface area contributed by atoms with Crippen molar-refractivity contribution in [3.63, 3.8) is 0 Å². The topological polar surface area (TPSA) is 46.5 Å². The Morgan fingerprint density at radius 2 is 1.84 bits per heavy atom. The van der Waals surface area contributed by atoms with Crippen molar-refractivity contribution in [3.05, 3.63) is 29.3 Å². The third-order valence-corrected chi connectivity index (χ3v) is 3.87. The van der Waals surface area contributed by atoms with Gasteiger partial charge in [0.05, 0.1) is 12.5 Å². The van der Waals surface area contributed by atoms with Crippen LogP contribution in [0.2, 0.25) is 0 Å². The predicted molar refractivity (Wildman–Crippen MR) is 65.3 cm³/mol. The van der Waals surface area contributed by atoms with Gasteiger partial charge in [-0.25, -0.2) is 8.78 Å². The second kappa shape index (κ2) is 5.15. The minimum Gasteiger partial charge on any atom is -0.494 e. The third-order valence-electron chi connectivity index (χ3n) is 3.87. The van der Waals surface area contributed by atoms with E-state index in [2.05, 4.69) is 0 Å². The maximum atomic E-state index is 14.1. The fraction of sp³-hybridized carbons (Fsp3) is 0.500. The van der Waals surface area contributed by atoms with E-state index in [9.17, 15) is 18.7 Å². The first kappa shape index (κ1) is 13.8. The zero-order valence-electron chi connectivity index (χ0n) is 10.7. The lowest BCUT2D eigenvalue weighted by molar-refractivity contribution is -0.145. The van der Waals surface area contributed by atoms with E-state index in [4.69, 9.17) is 4.74 Å². The first-order valence-electron chi connectivity index (χ1n) is 6.28. The molecule has 1 saturated carbocycles. The van der Waals surface area contributed by atoms with Gasteiger partial charge in [-0.1, -0.05) is 19.3 Å². The molecule has 1 N–H and O–H groups in total. The Morgan fingerprint density at radius 3 is 2.37 bits per heavy atom. The Morgan fingerprint density at radius 1 is 1.21 bits per heavy atom. The fourth-order valence-corrected chi connectivity index (χ4v) is 2.81. The lowest BCUT2D eigenvalue weighted by Gasteiger charge is -2.34. The molecule has 0 saturated heterocycles. The van der Waals surface area contributed by atoms with E-state index in [1.807, 2.05) is 0 Å². The van der Waals surface area contributed by atoms with E-state index in [0.717, 1.165) is 18.6 Å². The Kier molecular flexibility index (Phi) is 3.73. The molecule has 1 aromatic carbocycles. The van der Waals surface area contributed by atoms with Crippen LogP contribution in [0.3, 0.4) is 0 Å². The van der Waals surface area contributed by atoms with Crippen molar-refractivity contribution in [2.24, 2.45) is 0 Å². The highest BCUT2D eigenvalue weighted by Crippen LogP contribution is 2.42. The monoisotopic (exact) mass is 270 g/mol. The van der Waals surface area contributed by atoms with Gasteiger partial charge in [0.15, 0.2) is 11.6 Å². The smallest absolute Gasteiger partial charge is 0.314 e. The molecule has 1 aliphatic carbocycles. The SMILES string of the molecule is COc1cc(F)c(C2(C(=O)O)CCCCC2)cc1F. The maximum Gasteiger partial charge on any atom is 0.314 e. The van der Waals surface area contributed by atoms with Gasteiger partial charge < -0.3 is 9.84 Å². The van der Waals surface area contributed by atoms with Gasteiger partial charge in [0.25, 0.3) is 0 Å². The zero-order valence-corrected chi connectivity index (χ0v) is 10.7. The number of halogens is 2. The number of benzene rings is 1. The molecule has 0 amide bonds. The van der Waals surface area contributed by atoms with Gasteiger partial charge in [0.2, 0.25) is 0 Å². The molecule has 0 unspecified atom stereocenters. The highest BCUT2D eigenvalue weighted by atomic mass is 19.1. The highest BCUT2D eigenvalue weighted by molar-refractivity contribution is 5.81. The summed E-state index contributed by atoms with van der Waals surface area (Å²) in [6.45, 7) is 0. The molecule has 0 heterocycles. The largest absolute Gasteiger partial charge is 0.494 e. The number of hydrogen-bond donors (Lipinski definition) is 1. The highest BCUT2D eigenvalue weighted by Gasteiger charge is 2.43. The van der Waals surface area contributed by atoms with Crippen LogP contribution in [0, 0.1) is 11.6 Å². The van der Waals surface area contributed by atoms with Crippen LogP contribution in [-0.4, -0.2) is 18.2 Å². The van der Waals surface area contributed by atoms with Crippen molar-refractivity contribution >= 4 is 5.97 Å². The molecule has 0 bridgehead atoms. The van der Waals surface area contributed by atoms with E-state index in [1.54, 1.807) is 0 Å². The lowest BCUT2D eigenvalue weighted by atomic mass is 9.69. The van der Waals surface area contributed by atoms with Crippen LogP contribution in [0.5, 0.6) is 5.75 Å². The summed E-state index contributed by atoms with van der Waals surface area (Å²) < 4.78 is 32.5. The van der Waals surface area contributed by atoms with Crippen LogP contribution in [0.15, 0.2) is 12.1 Å². The van der Waals surface area contributed by atoms with Crippen molar-refractivity contribution in [2.45, 2.75) is 37.5 Å². The molecule has 19 heavy (non-hydrogen) atoms. The lowest BCUT2D eigenvalue weighted by Crippen LogP contribution is -2.38. The van der Waals surface area contributed by atoms with E-state index in [1.165, 1.54) is 7.11 Å². The van der Waals surface area contributed by atoms with Gasteiger partial charge in [-0.05, 0) is 18.9 Å². The molecule has 1 fully saturated rings. The summed E-state index contributed by atoms with van der Waals surface area (Å²) >= 11 is 0. The van der Waals surface area contributed by atoms with Crippen LogP contribution >= 0.6 is 0 Å². The van der Waals surface area contributed by atoms with Crippen LogP contribution in [0.4, 0.5) is 8.78 Å². The second-order valence-electron chi connectivity index (χ2n) is 4.91. The van der Waals surface area contributed by atoms with Gasteiger partial charge in [-0.2, -0.15) is 0 Å². The van der Waals surface area contributed by atoms with Gasteiger partial charge in [-0.15, -0.1) is 0 Å². The Balaban J connectivity index is 2.54.